The second-order valence-corrected chi connectivity index (χ2v) is 8.46. The Balaban J connectivity index is 0.00000182. The maximum Gasteiger partial charge on any atom is 0.258 e. The van der Waals surface area contributed by atoms with Gasteiger partial charge in [0.15, 0.2) is 4.96 Å². The third kappa shape index (κ3) is 3.72. The van der Waals surface area contributed by atoms with Gasteiger partial charge in [-0.3, -0.25) is 14.0 Å². The van der Waals surface area contributed by atoms with Crippen molar-refractivity contribution >= 4 is 46.4 Å². The van der Waals surface area contributed by atoms with Gasteiger partial charge in [-0.2, -0.15) is 0 Å². The summed E-state index contributed by atoms with van der Waals surface area (Å²) < 4.78 is 1.54. The van der Waals surface area contributed by atoms with Gasteiger partial charge in [0, 0.05) is 42.5 Å². The first kappa shape index (κ1) is 18.7. The number of aromatic nitrogens is 2. The number of thiazole rings is 1. The van der Waals surface area contributed by atoms with Crippen LogP contribution in [-0.4, -0.2) is 45.1 Å². The number of amides is 1. The minimum absolute atomic E-state index is 0. The average Bonchev–Trinajstić information content (AvgIpc) is 3.25. The molecule has 3 unspecified atom stereocenters. The summed E-state index contributed by atoms with van der Waals surface area (Å²) in [5, 5.41) is 1.85. The van der Waals surface area contributed by atoms with Crippen molar-refractivity contribution in [2.24, 2.45) is 17.6 Å². The van der Waals surface area contributed by atoms with Crippen LogP contribution in [0.1, 0.15) is 18.5 Å². The zero-order chi connectivity index (χ0) is 16.7. The highest BCUT2D eigenvalue weighted by molar-refractivity contribution is 7.99. The van der Waals surface area contributed by atoms with Crippen molar-refractivity contribution in [1.82, 2.24) is 14.3 Å². The van der Waals surface area contributed by atoms with Gasteiger partial charge in [-0.15, -0.1) is 35.5 Å². The molecule has 1 aliphatic heterocycles. The molecule has 136 valence electrons. The molecule has 3 heterocycles. The van der Waals surface area contributed by atoms with Crippen LogP contribution >= 0.6 is 35.5 Å². The number of halogens is 1. The molecule has 9 heteroatoms. The van der Waals surface area contributed by atoms with E-state index in [2.05, 4.69) is 4.98 Å². The van der Waals surface area contributed by atoms with Crippen LogP contribution in [0.5, 0.6) is 0 Å². The SMILES string of the molecule is Cl.NC1CCC2CN(C(=O)CSCc3cc(=O)n4ccsc4n3)CC12. The average molecular weight is 401 g/mol. The number of nitrogens with two attached hydrogens (primary N) is 1. The van der Waals surface area contributed by atoms with Gasteiger partial charge >= 0.3 is 0 Å². The van der Waals surface area contributed by atoms with Crippen LogP contribution in [-0.2, 0) is 10.5 Å². The molecule has 0 spiro atoms. The first-order chi connectivity index (χ1) is 11.6. The Hall–Kier alpha value is -1.09. The van der Waals surface area contributed by atoms with Gasteiger partial charge in [0.1, 0.15) is 0 Å². The molecule has 6 nitrogen and oxygen atoms in total. The highest BCUT2D eigenvalue weighted by Crippen LogP contribution is 2.37. The summed E-state index contributed by atoms with van der Waals surface area (Å²) in [6.07, 6.45) is 3.97. The lowest BCUT2D eigenvalue weighted by Crippen LogP contribution is -2.34. The topological polar surface area (TPSA) is 80.7 Å². The predicted octanol–water partition coefficient (Wildman–Crippen LogP) is 1.61. The molecule has 2 N–H and O–H groups in total. The summed E-state index contributed by atoms with van der Waals surface area (Å²) >= 11 is 2.96. The highest BCUT2D eigenvalue weighted by Gasteiger charge is 2.42. The molecule has 1 saturated heterocycles. The van der Waals surface area contributed by atoms with E-state index in [9.17, 15) is 9.59 Å². The molecule has 0 radical (unpaired) electrons. The van der Waals surface area contributed by atoms with Crippen LogP contribution in [0.2, 0.25) is 0 Å². The number of hydrogen-bond donors (Lipinski definition) is 1. The summed E-state index contributed by atoms with van der Waals surface area (Å²) in [5.74, 6) is 2.27. The molecule has 2 aliphatic rings. The number of fused-ring (bicyclic) bond motifs is 2. The van der Waals surface area contributed by atoms with Crippen molar-refractivity contribution in [2.75, 3.05) is 18.8 Å². The van der Waals surface area contributed by atoms with Crippen LogP contribution < -0.4 is 11.3 Å². The lowest BCUT2D eigenvalue weighted by molar-refractivity contribution is -0.127. The van der Waals surface area contributed by atoms with Gasteiger partial charge in [0.2, 0.25) is 5.91 Å². The lowest BCUT2D eigenvalue weighted by atomic mass is 9.98. The van der Waals surface area contributed by atoms with Gasteiger partial charge in [-0.05, 0) is 24.7 Å². The standard InChI is InChI=1S/C16H20N4O2S2.ClH/c17-13-2-1-10-6-19(7-12(10)13)15(22)9-23-8-11-5-14(21)20-3-4-24-16(20)18-11;/h3-5,10,12-13H,1-2,6-9,17H2;1H. The van der Waals surface area contributed by atoms with Crippen molar-refractivity contribution in [3.05, 3.63) is 33.7 Å². The molecular formula is C16H21ClN4O2S2. The lowest BCUT2D eigenvalue weighted by Gasteiger charge is -2.18. The second-order valence-electron chi connectivity index (χ2n) is 6.60. The number of nitrogens with zero attached hydrogens (tertiary/aromatic N) is 3. The fourth-order valence-electron chi connectivity index (χ4n) is 3.81. The zero-order valence-electron chi connectivity index (χ0n) is 13.7. The number of thioether (sulfide) groups is 1. The van der Waals surface area contributed by atoms with E-state index in [0.717, 1.165) is 31.6 Å². The van der Waals surface area contributed by atoms with E-state index >= 15 is 0 Å². The van der Waals surface area contributed by atoms with Crippen LogP contribution in [0.3, 0.4) is 0 Å². The maximum absolute atomic E-state index is 12.4. The number of hydrogen-bond acceptors (Lipinski definition) is 6. The fraction of sp³-hybridized carbons (Fsp3) is 0.562. The molecule has 2 aromatic rings. The van der Waals surface area contributed by atoms with Crippen LogP contribution in [0, 0.1) is 11.8 Å². The molecule has 25 heavy (non-hydrogen) atoms. The van der Waals surface area contributed by atoms with E-state index in [1.54, 1.807) is 12.3 Å². The predicted molar refractivity (Wildman–Crippen MR) is 104 cm³/mol. The van der Waals surface area contributed by atoms with Crippen molar-refractivity contribution in [3.8, 4) is 0 Å². The van der Waals surface area contributed by atoms with Crippen LogP contribution in [0.25, 0.3) is 4.96 Å². The van der Waals surface area contributed by atoms with E-state index in [0.29, 0.717) is 28.3 Å². The van der Waals surface area contributed by atoms with Gasteiger partial charge in [-0.25, -0.2) is 4.98 Å². The van der Waals surface area contributed by atoms with E-state index in [4.69, 9.17) is 5.73 Å². The first-order valence-electron chi connectivity index (χ1n) is 8.18. The van der Waals surface area contributed by atoms with E-state index < -0.39 is 0 Å². The smallest absolute Gasteiger partial charge is 0.258 e. The van der Waals surface area contributed by atoms with Gasteiger partial charge in [0.25, 0.3) is 5.56 Å². The summed E-state index contributed by atoms with van der Waals surface area (Å²) in [4.78, 5) is 31.5. The van der Waals surface area contributed by atoms with E-state index in [1.807, 2.05) is 10.3 Å². The number of carbonyl (C=O) groups excluding carboxylic acids is 1. The summed E-state index contributed by atoms with van der Waals surface area (Å²) in [6, 6.07) is 1.81. The third-order valence-corrected chi connectivity index (χ3v) is 6.80. The largest absolute Gasteiger partial charge is 0.341 e. The van der Waals surface area contributed by atoms with Crippen LogP contribution in [0.15, 0.2) is 22.4 Å². The van der Waals surface area contributed by atoms with Crippen molar-refractivity contribution in [2.45, 2.75) is 24.6 Å². The first-order valence-corrected chi connectivity index (χ1v) is 10.2. The zero-order valence-corrected chi connectivity index (χ0v) is 16.1. The normalized spacial score (nSPS) is 25.2. The third-order valence-electron chi connectivity index (χ3n) is 5.10. The Kier molecular flexibility index (Phi) is 5.72. The molecule has 1 amide bonds. The monoisotopic (exact) mass is 400 g/mol. The Morgan fingerprint density at radius 3 is 3.04 bits per heavy atom. The minimum Gasteiger partial charge on any atom is -0.341 e. The highest BCUT2D eigenvalue weighted by atomic mass is 35.5. The van der Waals surface area contributed by atoms with Crippen molar-refractivity contribution in [1.29, 1.82) is 0 Å². The van der Waals surface area contributed by atoms with Crippen molar-refractivity contribution in [3.63, 3.8) is 0 Å². The van der Waals surface area contributed by atoms with Crippen LogP contribution in [0.4, 0.5) is 0 Å². The Bertz CT molecular complexity index is 824. The molecule has 0 bridgehead atoms. The Labute approximate surface area is 160 Å². The Morgan fingerprint density at radius 2 is 2.24 bits per heavy atom. The molecule has 2 aromatic heterocycles. The molecule has 1 saturated carbocycles. The quantitative estimate of drug-likeness (QED) is 0.843. The van der Waals surface area contributed by atoms with Gasteiger partial charge < -0.3 is 10.6 Å². The second kappa shape index (κ2) is 7.65. The molecular weight excluding hydrogens is 380 g/mol. The summed E-state index contributed by atoms with van der Waals surface area (Å²) in [6.45, 7) is 1.67. The fourth-order valence-corrected chi connectivity index (χ4v) is 5.36. The Morgan fingerprint density at radius 1 is 1.40 bits per heavy atom. The molecule has 3 atom stereocenters. The summed E-state index contributed by atoms with van der Waals surface area (Å²) in [7, 11) is 0. The minimum atomic E-state index is -0.0652. The van der Waals surface area contributed by atoms with E-state index in [1.165, 1.54) is 27.5 Å². The van der Waals surface area contributed by atoms with E-state index in [-0.39, 0.29) is 29.9 Å². The summed E-state index contributed by atoms with van der Waals surface area (Å²) in [5.41, 5.74) is 6.80. The van der Waals surface area contributed by atoms with Gasteiger partial charge in [0.05, 0.1) is 11.4 Å². The van der Waals surface area contributed by atoms with Crippen molar-refractivity contribution < 1.29 is 4.79 Å². The molecule has 1 aliphatic carbocycles. The number of carbonyl (C=O) groups is 1. The maximum atomic E-state index is 12.4. The molecule has 0 aromatic carbocycles. The number of rotatable bonds is 4. The van der Waals surface area contributed by atoms with Gasteiger partial charge in [-0.1, -0.05) is 0 Å². The molecule has 2 fully saturated rings. The number of likely N-dealkylation sites (tertiary alicyclic amines) is 1. The molecule has 4 rings (SSSR count).